The number of hydrogen-bond donors (Lipinski definition) is 1. The van der Waals surface area contributed by atoms with Crippen LogP contribution in [-0.2, 0) is 22.6 Å². The van der Waals surface area contributed by atoms with E-state index in [9.17, 15) is 9.59 Å². The molecule has 2 aromatic rings. The van der Waals surface area contributed by atoms with E-state index in [1.807, 2.05) is 17.0 Å². The first-order valence-electron chi connectivity index (χ1n) is 8.16. The lowest BCUT2D eigenvalue weighted by atomic mass is 10.1. The molecule has 3 rings (SSSR count). The van der Waals surface area contributed by atoms with Gasteiger partial charge in [-0.25, -0.2) is 0 Å². The van der Waals surface area contributed by atoms with Gasteiger partial charge in [0.15, 0.2) is 0 Å². The summed E-state index contributed by atoms with van der Waals surface area (Å²) in [6.45, 7) is 1.87. The highest BCUT2D eigenvalue weighted by atomic mass is 16.5. The van der Waals surface area contributed by atoms with Gasteiger partial charge in [-0.2, -0.15) is 5.16 Å². The quantitative estimate of drug-likeness (QED) is 0.866. The minimum atomic E-state index is -0.278. The molecule has 1 aliphatic rings. The van der Waals surface area contributed by atoms with Crippen molar-refractivity contribution in [2.45, 2.75) is 38.4 Å². The van der Waals surface area contributed by atoms with Crippen LogP contribution in [-0.4, -0.2) is 40.1 Å². The number of piperidine rings is 1. The Morgan fingerprint density at radius 3 is 3.17 bits per heavy atom. The van der Waals surface area contributed by atoms with E-state index >= 15 is 0 Å². The van der Waals surface area contributed by atoms with Crippen LogP contribution >= 0.6 is 0 Å². The Morgan fingerprint density at radius 2 is 2.42 bits per heavy atom. The molecule has 7 heteroatoms. The number of aromatic amines is 1. The fraction of sp³-hybridized carbons (Fsp3) is 0.471. The molecule has 1 saturated heterocycles. The number of likely N-dealkylation sites (tertiary alicyclic amines) is 1. The zero-order valence-electron chi connectivity index (χ0n) is 13.4. The normalized spacial score (nSPS) is 17.8. The molecule has 0 radical (unpaired) electrons. The van der Waals surface area contributed by atoms with Crippen LogP contribution in [0.15, 0.2) is 39.9 Å². The Labute approximate surface area is 139 Å². The zero-order valence-corrected chi connectivity index (χ0v) is 13.4. The summed E-state index contributed by atoms with van der Waals surface area (Å²) in [7, 11) is 0. The number of aryl methyl sites for hydroxylation is 1. The van der Waals surface area contributed by atoms with E-state index in [1.54, 1.807) is 12.4 Å². The van der Waals surface area contributed by atoms with Gasteiger partial charge in [0.2, 0.25) is 5.91 Å². The van der Waals surface area contributed by atoms with Gasteiger partial charge in [-0.05, 0) is 24.5 Å². The number of carbonyl (C=O) groups is 1. The summed E-state index contributed by atoms with van der Waals surface area (Å²) in [5.41, 5.74) is 0.753. The maximum absolute atomic E-state index is 12.3. The van der Waals surface area contributed by atoms with E-state index in [1.165, 1.54) is 6.07 Å². The lowest BCUT2D eigenvalue weighted by molar-refractivity contribution is -0.135. The van der Waals surface area contributed by atoms with Crippen LogP contribution in [0, 0.1) is 0 Å². The van der Waals surface area contributed by atoms with Crippen molar-refractivity contribution < 1.29 is 14.1 Å². The van der Waals surface area contributed by atoms with Crippen molar-refractivity contribution in [2.75, 3.05) is 13.1 Å². The number of nitrogens with zero attached hydrogens (tertiary/aromatic N) is 2. The molecule has 1 amide bonds. The molecule has 7 nitrogen and oxygen atoms in total. The van der Waals surface area contributed by atoms with E-state index in [-0.39, 0.29) is 17.6 Å². The largest absolute Gasteiger partial charge is 0.384 e. The second-order valence-electron chi connectivity index (χ2n) is 5.96. The van der Waals surface area contributed by atoms with Crippen LogP contribution in [0.2, 0.25) is 0 Å². The second-order valence-corrected chi connectivity index (χ2v) is 5.96. The molecule has 1 fully saturated rings. The average Bonchev–Trinajstić information content (AvgIpc) is 3.04. The van der Waals surface area contributed by atoms with E-state index < -0.39 is 0 Å². The molecular formula is C17H21N3O4. The standard InChI is InChI=1S/C17H21N3O4/c21-16-9-14(24-19-16)5-6-17(22)20-8-2-4-15(11-20)23-12-13-3-1-7-18-10-13/h1,3,7,9-10,15H,2,4-6,8,11-12H2,(H,19,21)/t15-/m0/s1. The minimum Gasteiger partial charge on any atom is -0.384 e. The Bertz CT molecular complexity index is 710. The summed E-state index contributed by atoms with van der Waals surface area (Å²) in [5.74, 6) is 0.572. The number of pyridine rings is 1. The second kappa shape index (κ2) is 7.92. The molecule has 2 aromatic heterocycles. The van der Waals surface area contributed by atoms with Crippen molar-refractivity contribution in [3.63, 3.8) is 0 Å². The van der Waals surface area contributed by atoms with Crippen molar-refractivity contribution in [2.24, 2.45) is 0 Å². The topological polar surface area (TPSA) is 88.4 Å². The van der Waals surface area contributed by atoms with Crippen molar-refractivity contribution >= 4 is 5.91 Å². The van der Waals surface area contributed by atoms with Gasteiger partial charge in [0.05, 0.1) is 12.7 Å². The number of ether oxygens (including phenoxy) is 1. The zero-order chi connectivity index (χ0) is 16.8. The van der Waals surface area contributed by atoms with Crippen LogP contribution in [0.1, 0.15) is 30.6 Å². The van der Waals surface area contributed by atoms with Crippen molar-refractivity contribution in [1.29, 1.82) is 0 Å². The third kappa shape index (κ3) is 4.55. The third-order valence-corrected chi connectivity index (χ3v) is 4.10. The first-order valence-corrected chi connectivity index (χ1v) is 8.16. The maximum Gasteiger partial charge on any atom is 0.280 e. The monoisotopic (exact) mass is 331 g/mol. The number of aromatic nitrogens is 2. The number of nitrogens with one attached hydrogen (secondary N) is 1. The molecule has 0 unspecified atom stereocenters. The van der Waals surface area contributed by atoms with Crippen molar-refractivity contribution in [3.05, 3.63) is 52.3 Å². The van der Waals surface area contributed by atoms with Crippen LogP contribution < -0.4 is 5.56 Å². The van der Waals surface area contributed by atoms with Gasteiger partial charge in [0.1, 0.15) is 5.76 Å². The Morgan fingerprint density at radius 1 is 1.50 bits per heavy atom. The molecule has 0 saturated carbocycles. The summed E-state index contributed by atoms with van der Waals surface area (Å²) in [5, 5.41) is 2.23. The van der Waals surface area contributed by atoms with E-state index in [0.717, 1.165) is 24.9 Å². The number of H-pyrrole nitrogens is 1. The fourth-order valence-corrected chi connectivity index (χ4v) is 2.83. The molecule has 0 aliphatic carbocycles. The maximum atomic E-state index is 12.3. The van der Waals surface area contributed by atoms with Crippen LogP contribution in [0.4, 0.5) is 0 Å². The van der Waals surface area contributed by atoms with Crippen molar-refractivity contribution in [1.82, 2.24) is 15.0 Å². The third-order valence-electron chi connectivity index (χ3n) is 4.10. The Balaban J connectivity index is 1.45. The molecule has 0 spiro atoms. The number of hydrogen-bond acceptors (Lipinski definition) is 5. The van der Waals surface area contributed by atoms with Gasteiger partial charge in [-0.15, -0.1) is 0 Å². The molecule has 0 bridgehead atoms. The highest BCUT2D eigenvalue weighted by Crippen LogP contribution is 2.16. The summed E-state index contributed by atoms with van der Waals surface area (Å²) >= 11 is 0. The molecule has 1 atom stereocenters. The van der Waals surface area contributed by atoms with E-state index in [0.29, 0.717) is 31.8 Å². The molecule has 3 heterocycles. The lowest BCUT2D eigenvalue weighted by Gasteiger charge is -2.32. The van der Waals surface area contributed by atoms with Crippen LogP contribution in [0.3, 0.4) is 0 Å². The lowest BCUT2D eigenvalue weighted by Crippen LogP contribution is -2.43. The highest BCUT2D eigenvalue weighted by Gasteiger charge is 2.24. The summed E-state index contributed by atoms with van der Waals surface area (Å²) in [4.78, 5) is 29.2. The molecule has 0 aromatic carbocycles. The number of carbonyl (C=O) groups excluding carboxylic acids is 1. The molecule has 128 valence electrons. The van der Waals surface area contributed by atoms with Gasteiger partial charge in [-0.3, -0.25) is 14.6 Å². The predicted octanol–water partition coefficient (Wildman–Crippen LogP) is 1.50. The first kappa shape index (κ1) is 16.4. The molecule has 1 N–H and O–H groups in total. The molecule has 24 heavy (non-hydrogen) atoms. The summed E-state index contributed by atoms with van der Waals surface area (Å²) in [6, 6.07) is 5.24. The Hall–Kier alpha value is -2.41. The summed E-state index contributed by atoms with van der Waals surface area (Å²) in [6.07, 6.45) is 6.21. The SMILES string of the molecule is O=C(CCc1cc(=O)[nH]o1)N1CCC[C@H](OCc2cccnc2)C1. The van der Waals surface area contributed by atoms with Gasteiger partial charge in [-0.1, -0.05) is 6.07 Å². The minimum absolute atomic E-state index is 0.0492. The van der Waals surface area contributed by atoms with Crippen molar-refractivity contribution in [3.8, 4) is 0 Å². The number of amides is 1. The average molecular weight is 331 g/mol. The van der Waals surface area contributed by atoms with Crippen LogP contribution in [0.5, 0.6) is 0 Å². The van der Waals surface area contributed by atoms with E-state index in [2.05, 4.69) is 10.1 Å². The van der Waals surface area contributed by atoms with Gasteiger partial charge in [0.25, 0.3) is 5.56 Å². The molecular weight excluding hydrogens is 310 g/mol. The fourth-order valence-electron chi connectivity index (χ4n) is 2.83. The van der Waals surface area contributed by atoms with Gasteiger partial charge in [0, 0.05) is 44.4 Å². The Kier molecular flexibility index (Phi) is 5.43. The number of rotatable bonds is 6. The van der Waals surface area contributed by atoms with Gasteiger partial charge >= 0.3 is 0 Å². The summed E-state index contributed by atoms with van der Waals surface area (Å²) < 4.78 is 10.9. The van der Waals surface area contributed by atoms with Gasteiger partial charge < -0.3 is 14.2 Å². The highest BCUT2D eigenvalue weighted by molar-refractivity contribution is 5.76. The van der Waals surface area contributed by atoms with E-state index in [4.69, 9.17) is 9.26 Å². The van der Waals surface area contributed by atoms with Crippen LogP contribution in [0.25, 0.3) is 0 Å². The predicted molar refractivity (Wildman–Crippen MR) is 86.3 cm³/mol. The first-order chi connectivity index (χ1) is 11.7. The smallest absolute Gasteiger partial charge is 0.280 e. The molecule has 1 aliphatic heterocycles.